The number of hydrogen-bond acceptors (Lipinski definition) is 3. The monoisotopic (exact) mass is 282 g/mol. The molecule has 1 amide bonds. The maximum atomic E-state index is 11.9. The second-order valence-electron chi connectivity index (χ2n) is 7.27. The molecule has 1 aliphatic heterocycles. The van der Waals surface area contributed by atoms with Gasteiger partial charge in [0.05, 0.1) is 0 Å². The smallest absolute Gasteiger partial charge is 0.407 e. The summed E-state index contributed by atoms with van der Waals surface area (Å²) in [6, 6.07) is 0.661. The summed E-state index contributed by atoms with van der Waals surface area (Å²) in [7, 11) is 0. The molecule has 4 nitrogen and oxygen atoms in total. The van der Waals surface area contributed by atoms with Crippen LogP contribution in [-0.4, -0.2) is 30.3 Å². The summed E-state index contributed by atoms with van der Waals surface area (Å²) in [5.41, 5.74) is -0.423. The Balaban J connectivity index is 1.88. The van der Waals surface area contributed by atoms with Gasteiger partial charge in [-0.3, -0.25) is 0 Å². The Kier molecular flexibility index (Phi) is 5.30. The van der Waals surface area contributed by atoms with Crippen molar-refractivity contribution in [3.8, 4) is 0 Å². The first kappa shape index (κ1) is 15.6. The number of rotatable bonds is 2. The predicted octanol–water partition coefficient (Wildman–Crippen LogP) is 3.21. The maximum absolute atomic E-state index is 11.9. The third-order valence-corrected chi connectivity index (χ3v) is 4.38. The normalized spacial score (nSPS) is 28.9. The van der Waals surface area contributed by atoms with Crippen LogP contribution in [0.4, 0.5) is 4.79 Å². The molecular weight excluding hydrogens is 252 g/mol. The highest BCUT2D eigenvalue weighted by atomic mass is 16.6. The van der Waals surface area contributed by atoms with Gasteiger partial charge in [0.25, 0.3) is 0 Å². The maximum Gasteiger partial charge on any atom is 0.407 e. The molecule has 2 unspecified atom stereocenters. The van der Waals surface area contributed by atoms with Crippen molar-refractivity contribution in [2.45, 2.75) is 83.4 Å². The van der Waals surface area contributed by atoms with E-state index in [2.05, 4.69) is 10.6 Å². The third-order valence-electron chi connectivity index (χ3n) is 4.38. The van der Waals surface area contributed by atoms with Crippen molar-refractivity contribution in [1.29, 1.82) is 0 Å². The van der Waals surface area contributed by atoms with Gasteiger partial charge in [0.15, 0.2) is 0 Å². The molecule has 1 saturated carbocycles. The summed E-state index contributed by atoms with van der Waals surface area (Å²) in [4.78, 5) is 11.9. The lowest BCUT2D eigenvalue weighted by molar-refractivity contribution is 0.0493. The molecular formula is C16H30N2O2. The molecule has 1 heterocycles. The van der Waals surface area contributed by atoms with Gasteiger partial charge in [0.2, 0.25) is 0 Å². The predicted molar refractivity (Wildman–Crippen MR) is 80.8 cm³/mol. The summed E-state index contributed by atoms with van der Waals surface area (Å²) in [6.07, 6.45) is 8.74. The van der Waals surface area contributed by atoms with Crippen molar-refractivity contribution in [2.24, 2.45) is 5.92 Å². The van der Waals surface area contributed by atoms with Gasteiger partial charge < -0.3 is 15.4 Å². The van der Waals surface area contributed by atoms with E-state index in [1.807, 2.05) is 20.8 Å². The van der Waals surface area contributed by atoms with Crippen LogP contribution >= 0.6 is 0 Å². The topological polar surface area (TPSA) is 50.4 Å². The Morgan fingerprint density at radius 3 is 2.35 bits per heavy atom. The highest BCUT2D eigenvalue weighted by molar-refractivity contribution is 5.68. The van der Waals surface area contributed by atoms with Crippen LogP contribution in [0, 0.1) is 5.92 Å². The van der Waals surface area contributed by atoms with Crippen molar-refractivity contribution >= 4 is 6.09 Å². The Morgan fingerprint density at radius 2 is 1.75 bits per heavy atom. The minimum atomic E-state index is -0.423. The molecule has 2 aliphatic rings. The Bertz CT molecular complexity index is 317. The van der Waals surface area contributed by atoms with Crippen molar-refractivity contribution in [2.75, 3.05) is 6.54 Å². The quantitative estimate of drug-likeness (QED) is 0.765. The first-order valence-corrected chi connectivity index (χ1v) is 8.18. The summed E-state index contributed by atoms with van der Waals surface area (Å²) in [5.74, 6) is 0.708. The fourth-order valence-electron chi connectivity index (χ4n) is 3.51. The summed E-state index contributed by atoms with van der Waals surface area (Å²) >= 11 is 0. The van der Waals surface area contributed by atoms with E-state index in [1.54, 1.807) is 0 Å². The van der Waals surface area contributed by atoms with Gasteiger partial charge in [-0.2, -0.15) is 0 Å². The largest absolute Gasteiger partial charge is 0.444 e. The molecule has 0 spiro atoms. The molecule has 1 saturated heterocycles. The van der Waals surface area contributed by atoms with Gasteiger partial charge in [-0.1, -0.05) is 25.7 Å². The fourth-order valence-corrected chi connectivity index (χ4v) is 3.51. The molecule has 2 N–H and O–H groups in total. The van der Waals surface area contributed by atoms with E-state index < -0.39 is 5.60 Å². The number of carbonyl (C=O) groups excluding carboxylic acids is 1. The number of nitrogens with one attached hydrogen (secondary N) is 2. The van der Waals surface area contributed by atoms with Crippen LogP contribution < -0.4 is 10.6 Å². The Morgan fingerprint density at radius 1 is 1.10 bits per heavy atom. The Labute approximate surface area is 123 Å². The zero-order chi connectivity index (χ0) is 14.6. The van der Waals surface area contributed by atoms with E-state index in [0.717, 1.165) is 13.0 Å². The van der Waals surface area contributed by atoms with Crippen LogP contribution in [0.3, 0.4) is 0 Å². The van der Waals surface area contributed by atoms with E-state index in [0.29, 0.717) is 12.0 Å². The molecule has 116 valence electrons. The van der Waals surface area contributed by atoms with Gasteiger partial charge in [-0.25, -0.2) is 4.79 Å². The molecule has 2 fully saturated rings. The van der Waals surface area contributed by atoms with E-state index in [9.17, 15) is 4.79 Å². The second-order valence-corrected chi connectivity index (χ2v) is 7.27. The lowest BCUT2D eigenvalue weighted by Gasteiger charge is -2.29. The zero-order valence-electron chi connectivity index (χ0n) is 13.2. The standard InChI is InChI=1S/C16H30N2O2/c1-16(2,3)20-15(19)18-13-10-11-17-14(13)12-8-6-4-5-7-9-12/h12-14,17H,4-11H2,1-3H3,(H,18,19). The minimum absolute atomic E-state index is 0.230. The van der Waals surface area contributed by atoms with Crippen LogP contribution in [0.5, 0.6) is 0 Å². The van der Waals surface area contributed by atoms with Crippen molar-refractivity contribution < 1.29 is 9.53 Å². The van der Waals surface area contributed by atoms with Crippen LogP contribution in [0.1, 0.15) is 65.7 Å². The number of alkyl carbamates (subject to hydrolysis) is 1. The summed E-state index contributed by atoms with van der Waals surface area (Å²) < 4.78 is 5.38. The molecule has 4 heteroatoms. The van der Waals surface area contributed by atoms with Crippen LogP contribution in [0.25, 0.3) is 0 Å². The molecule has 20 heavy (non-hydrogen) atoms. The molecule has 2 atom stereocenters. The van der Waals surface area contributed by atoms with Gasteiger partial charge in [-0.15, -0.1) is 0 Å². The van der Waals surface area contributed by atoms with E-state index in [4.69, 9.17) is 4.74 Å². The minimum Gasteiger partial charge on any atom is -0.444 e. The highest BCUT2D eigenvalue weighted by Gasteiger charge is 2.35. The molecule has 0 aromatic rings. The molecule has 0 aromatic heterocycles. The van der Waals surface area contributed by atoms with Gasteiger partial charge in [0, 0.05) is 12.1 Å². The summed E-state index contributed by atoms with van der Waals surface area (Å²) in [6.45, 7) is 6.72. The third kappa shape index (κ3) is 4.65. The van der Waals surface area contributed by atoms with Crippen LogP contribution in [-0.2, 0) is 4.74 Å². The van der Waals surface area contributed by atoms with Crippen LogP contribution in [0.2, 0.25) is 0 Å². The first-order chi connectivity index (χ1) is 9.46. The molecule has 2 rings (SSSR count). The molecule has 1 aliphatic carbocycles. The average Bonchev–Trinajstić information content (AvgIpc) is 2.61. The average molecular weight is 282 g/mol. The SMILES string of the molecule is CC(C)(C)OC(=O)NC1CCNC1C1CCCCCC1. The van der Waals surface area contributed by atoms with Crippen LogP contribution in [0.15, 0.2) is 0 Å². The van der Waals surface area contributed by atoms with Gasteiger partial charge in [0.1, 0.15) is 5.60 Å². The van der Waals surface area contributed by atoms with E-state index in [-0.39, 0.29) is 12.1 Å². The first-order valence-electron chi connectivity index (χ1n) is 8.18. The van der Waals surface area contributed by atoms with Gasteiger partial charge >= 0.3 is 6.09 Å². The fraction of sp³-hybridized carbons (Fsp3) is 0.938. The van der Waals surface area contributed by atoms with Crippen molar-refractivity contribution in [3.63, 3.8) is 0 Å². The second kappa shape index (κ2) is 6.79. The van der Waals surface area contributed by atoms with E-state index in [1.165, 1.54) is 38.5 Å². The Hall–Kier alpha value is -0.770. The van der Waals surface area contributed by atoms with Crippen molar-refractivity contribution in [1.82, 2.24) is 10.6 Å². The molecule has 0 bridgehead atoms. The number of amides is 1. The van der Waals surface area contributed by atoms with E-state index >= 15 is 0 Å². The number of hydrogen-bond donors (Lipinski definition) is 2. The van der Waals surface area contributed by atoms with Crippen molar-refractivity contribution in [3.05, 3.63) is 0 Å². The highest BCUT2D eigenvalue weighted by Crippen LogP contribution is 2.29. The summed E-state index contributed by atoms with van der Waals surface area (Å²) in [5, 5.41) is 6.68. The number of ether oxygens (including phenoxy) is 1. The molecule has 0 radical (unpaired) electrons. The molecule has 0 aromatic carbocycles. The lowest BCUT2D eigenvalue weighted by atomic mass is 9.88. The number of carbonyl (C=O) groups is 1. The zero-order valence-corrected chi connectivity index (χ0v) is 13.2. The van der Waals surface area contributed by atoms with Gasteiger partial charge in [-0.05, 0) is 52.5 Å². The lowest BCUT2D eigenvalue weighted by Crippen LogP contribution is -2.48.